The summed E-state index contributed by atoms with van der Waals surface area (Å²) in [5.74, 6) is -0.434. The van der Waals surface area contributed by atoms with Crippen molar-refractivity contribution < 1.29 is 9.18 Å². The van der Waals surface area contributed by atoms with E-state index in [1.165, 1.54) is 22.9 Å². The van der Waals surface area contributed by atoms with Gasteiger partial charge in [-0.2, -0.15) is 5.10 Å². The second-order valence-electron chi connectivity index (χ2n) is 3.12. The van der Waals surface area contributed by atoms with Gasteiger partial charge in [0.1, 0.15) is 15.0 Å². The van der Waals surface area contributed by atoms with E-state index in [1.807, 2.05) is 0 Å². The molecule has 0 spiro atoms. The van der Waals surface area contributed by atoms with Crippen molar-refractivity contribution in [2.45, 2.75) is 0 Å². The summed E-state index contributed by atoms with van der Waals surface area (Å²) in [6, 6.07) is 3.93. The maximum atomic E-state index is 12.9. The Morgan fingerprint density at radius 3 is 2.65 bits per heavy atom. The summed E-state index contributed by atoms with van der Waals surface area (Å²) in [5.41, 5.74) is 0.846. The number of hydrogen-bond acceptors (Lipinski definition) is 2. The SMILES string of the molecule is O=Cc1c(Br)nn(-c2ccc(F)cc2Cl)c1Br. The predicted molar refractivity (Wildman–Crippen MR) is 69.3 cm³/mol. The van der Waals surface area contributed by atoms with Crippen LogP contribution in [0, 0.1) is 5.82 Å². The van der Waals surface area contributed by atoms with E-state index >= 15 is 0 Å². The molecule has 0 atom stereocenters. The van der Waals surface area contributed by atoms with Gasteiger partial charge in [0, 0.05) is 0 Å². The van der Waals surface area contributed by atoms with E-state index < -0.39 is 5.82 Å². The van der Waals surface area contributed by atoms with Crippen LogP contribution in [0.5, 0.6) is 0 Å². The van der Waals surface area contributed by atoms with Gasteiger partial charge in [0.05, 0.1) is 16.3 Å². The smallest absolute Gasteiger partial charge is 0.155 e. The summed E-state index contributed by atoms with van der Waals surface area (Å²) >= 11 is 12.3. The number of carbonyl (C=O) groups excluding carboxylic acids is 1. The minimum absolute atomic E-state index is 0.207. The van der Waals surface area contributed by atoms with Gasteiger partial charge in [0.2, 0.25) is 0 Å². The van der Waals surface area contributed by atoms with Crippen molar-refractivity contribution in [2.24, 2.45) is 0 Å². The van der Waals surface area contributed by atoms with E-state index in [0.29, 0.717) is 26.7 Å². The summed E-state index contributed by atoms with van der Waals surface area (Å²) in [4.78, 5) is 10.8. The number of hydrogen-bond donors (Lipinski definition) is 0. The Morgan fingerprint density at radius 2 is 2.12 bits per heavy atom. The van der Waals surface area contributed by atoms with Crippen LogP contribution in [0.1, 0.15) is 10.4 Å². The Kier molecular flexibility index (Phi) is 3.65. The molecular weight excluding hydrogens is 378 g/mol. The fourth-order valence-electron chi connectivity index (χ4n) is 1.29. The van der Waals surface area contributed by atoms with Crippen LogP contribution >= 0.6 is 43.5 Å². The molecule has 1 heterocycles. The highest BCUT2D eigenvalue weighted by atomic mass is 79.9. The molecule has 17 heavy (non-hydrogen) atoms. The van der Waals surface area contributed by atoms with Crippen LogP contribution in [0.25, 0.3) is 5.69 Å². The van der Waals surface area contributed by atoms with Crippen LogP contribution in [0.15, 0.2) is 27.4 Å². The molecule has 0 saturated carbocycles. The average Bonchev–Trinajstić information content (AvgIpc) is 2.54. The van der Waals surface area contributed by atoms with Gasteiger partial charge < -0.3 is 0 Å². The second-order valence-corrected chi connectivity index (χ2v) is 5.03. The van der Waals surface area contributed by atoms with E-state index in [9.17, 15) is 9.18 Å². The highest BCUT2D eigenvalue weighted by Gasteiger charge is 2.16. The van der Waals surface area contributed by atoms with Gasteiger partial charge in [-0.15, -0.1) is 0 Å². The molecule has 7 heteroatoms. The zero-order valence-corrected chi connectivity index (χ0v) is 12.1. The first-order chi connectivity index (χ1) is 8.04. The van der Waals surface area contributed by atoms with E-state index in [-0.39, 0.29) is 5.02 Å². The lowest BCUT2D eigenvalue weighted by Crippen LogP contribution is -1.98. The number of aldehydes is 1. The summed E-state index contributed by atoms with van der Waals surface area (Å²) < 4.78 is 15.2. The molecule has 0 aliphatic heterocycles. The van der Waals surface area contributed by atoms with Gasteiger partial charge in [-0.05, 0) is 50.1 Å². The van der Waals surface area contributed by atoms with Gasteiger partial charge in [-0.1, -0.05) is 11.6 Å². The van der Waals surface area contributed by atoms with E-state index in [4.69, 9.17) is 11.6 Å². The molecule has 0 amide bonds. The maximum Gasteiger partial charge on any atom is 0.155 e. The Balaban J connectivity index is 2.65. The summed E-state index contributed by atoms with van der Waals surface area (Å²) in [5, 5.41) is 4.30. The number of rotatable bonds is 2. The molecule has 0 aliphatic rings. The van der Waals surface area contributed by atoms with Crippen molar-refractivity contribution in [1.82, 2.24) is 9.78 Å². The third-order valence-electron chi connectivity index (χ3n) is 2.07. The quantitative estimate of drug-likeness (QED) is 0.736. The lowest BCUT2D eigenvalue weighted by molar-refractivity contribution is 0.112. The zero-order chi connectivity index (χ0) is 12.6. The van der Waals surface area contributed by atoms with Gasteiger partial charge in [-0.3, -0.25) is 4.79 Å². The second kappa shape index (κ2) is 4.88. The van der Waals surface area contributed by atoms with E-state index in [2.05, 4.69) is 37.0 Å². The molecule has 0 radical (unpaired) electrons. The van der Waals surface area contributed by atoms with E-state index in [1.54, 1.807) is 0 Å². The van der Waals surface area contributed by atoms with Crippen molar-refractivity contribution in [3.8, 4) is 5.69 Å². The number of nitrogens with zero attached hydrogens (tertiary/aromatic N) is 2. The Labute approximate surface area is 118 Å². The molecule has 0 N–H and O–H groups in total. The fourth-order valence-corrected chi connectivity index (χ4v) is 2.80. The highest BCUT2D eigenvalue weighted by Crippen LogP contribution is 2.29. The molecule has 0 saturated heterocycles. The van der Waals surface area contributed by atoms with Crippen LogP contribution < -0.4 is 0 Å². The monoisotopic (exact) mass is 380 g/mol. The van der Waals surface area contributed by atoms with Crippen LogP contribution in [-0.2, 0) is 0 Å². The van der Waals surface area contributed by atoms with Gasteiger partial charge in [0.15, 0.2) is 6.29 Å². The first kappa shape index (κ1) is 12.7. The average molecular weight is 382 g/mol. The third-order valence-corrected chi connectivity index (χ3v) is 3.73. The molecule has 88 valence electrons. The summed E-state index contributed by atoms with van der Waals surface area (Å²) in [6.07, 6.45) is 0.662. The molecule has 1 aromatic heterocycles. The number of benzene rings is 1. The van der Waals surface area contributed by atoms with Crippen molar-refractivity contribution in [3.63, 3.8) is 0 Å². The van der Waals surface area contributed by atoms with Crippen molar-refractivity contribution in [2.75, 3.05) is 0 Å². The molecule has 3 nitrogen and oxygen atoms in total. The lowest BCUT2D eigenvalue weighted by Gasteiger charge is -2.05. The minimum atomic E-state index is -0.434. The Morgan fingerprint density at radius 1 is 1.41 bits per heavy atom. The Bertz CT molecular complexity index is 600. The molecule has 0 unspecified atom stereocenters. The van der Waals surface area contributed by atoms with Crippen molar-refractivity contribution in [1.29, 1.82) is 0 Å². The molecule has 0 aliphatic carbocycles. The first-order valence-electron chi connectivity index (χ1n) is 4.39. The fraction of sp³-hybridized carbons (Fsp3) is 0. The van der Waals surface area contributed by atoms with Gasteiger partial charge in [0.25, 0.3) is 0 Å². The first-order valence-corrected chi connectivity index (χ1v) is 6.35. The predicted octanol–water partition coefficient (Wildman–Crippen LogP) is 4.00. The van der Waals surface area contributed by atoms with Crippen LogP contribution in [0.3, 0.4) is 0 Å². The summed E-state index contributed by atoms with van der Waals surface area (Å²) in [6.45, 7) is 0. The van der Waals surface area contributed by atoms with Gasteiger partial charge in [-0.25, -0.2) is 9.07 Å². The largest absolute Gasteiger partial charge is 0.298 e. The normalized spacial score (nSPS) is 10.6. The van der Waals surface area contributed by atoms with Crippen LogP contribution in [0.4, 0.5) is 4.39 Å². The number of halogens is 4. The van der Waals surface area contributed by atoms with Crippen LogP contribution in [0.2, 0.25) is 5.02 Å². The maximum absolute atomic E-state index is 12.9. The number of aromatic nitrogens is 2. The minimum Gasteiger partial charge on any atom is -0.298 e. The van der Waals surface area contributed by atoms with E-state index in [0.717, 1.165) is 0 Å². The highest BCUT2D eigenvalue weighted by molar-refractivity contribution is 9.11. The van der Waals surface area contributed by atoms with Gasteiger partial charge >= 0.3 is 0 Å². The number of carbonyl (C=O) groups is 1. The molecule has 2 rings (SSSR count). The molecule has 2 aromatic rings. The Hall–Kier alpha value is -0.720. The topological polar surface area (TPSA) is 34.9 Å². The molecule has 1 aromatic carbocycles. The zero-order valence-electron chi connectivity index (χ0n) is 8.12. The third kappa shape index (κ3) is 2.29. The summed E-state index contributed by atoms with van der Waals surface area (Å²) in [7, 11) is 0. The van der Waals surface area contributed by atoms with Crippen molar-refractivity contribution >= 4 is 49.7 Å². The van der Waals surface area contributed by atoms with Crippen molar-refractivity contribution in [3.05, 3.63) is 43.8 Å². The lowest BCUT2D eigenvalue weighted by atomic mass is 10.3. The molecule has 0 bridgehead atoms. The van der Waals surface area contributed by atoms with Crippen LogP contribution in [-0.4, -0.2) is 16.1 Å². The molecular formula is C10H4Br2ClFN2O. The standard InChI is InChI=1S/C10H4Br2ClFN2O/c11-9-6(4-17)10(12)16(15-9)8-2-1-5(14)3-7(8)13/h1-4H. The molecule has 0 fully saturated rings.